The Bertz CT molecular complexity index is 1910. The van der Waals surface area contributed by atoms with Gasteiger partial charge in [0.15, 0.2) is 11.5 Å². The molecule has 0 unspecified atom stereocenters. The molecule has 2 aromatic heterocycles. The molecule has 1 saturated carbocycles. The normalized spacial score (nSPS) is 13.4. The fourth-order valence-corrected chi connectivity index (χ4v) is 6.97. The third-order valence-corrected chi connectivity index (χ3v) is 9.74. The molecule has 0 saturated heterocycles. The van der Waals surface area contributed by atoms with Crippen LogP contribution in [0.4, 0.5) is 4.39 Å². The molecule has 0 radical (unpaired) electrons. The molecule has 0 N–H and O–H groups in total. The van der Waals surface area contributed by atoms with Crippen molar-refractivity contribution < 1.29 is 27.1 Å². The van der Waals surface area contributed by atoms with Crippen molar-refractivity contribution in [3.63, 3.8) is 0 Å². The fraction of sp³-hybridized carbons (Fsp3) is 0.333. The van der Waals surface area contributed by atoms with E-state index in [1.54, 1.807) is 33.2 Å². The molecular formula is C33H35FN4O5S2. The number of hydrogen-bond acceptors (Lipinski definition) is 7. The van der Waals surface area contributed by atoms with Crippen molar-refractivity contribution in [1.29, 1.82) is 0 Å². The molecule has 1 aliphatic carbocycles. The van der Waals surface area contributed by atoms with Crippen LogP contribution in [0.15, 0.2) is 57.8 Å². The summed E-state index contributed by atoms with van der Waals surface area (Å²) in [5.41, 5.74) is 4.79. The number of esters is 1. The Morgan fingerprint density at radius 3 is 2.58 bits per heavy atom. The Kier molecular flexibility index (Phi) is 9.36. The SMILES string of the molecule is CCOC(=O)c1nc(-c2cc(-c3cccc(C(C)=O)c3)n(Cc3ccc(S(=O)(=O)/N=C/N(C)C)c(F)c3)c2CC2CC2)sc1C. The van der Waals surface area contributed by atoms with Crippen LogP contribution >= 0.6 is 11.3 Å². The number of aromatic nitrogens is 2. The average molecular weight is 651 g/mol. The van der Waals surface area contributed by atoms with Gasteiger partial charge in [-0.05, 0) is 81.3 Å². The summed E-state index contributed by atoms with van der Waals surface area (Å²) in [4.78, 5) is 31.3. The Morgan fingerprint density at radius 2 is 1.93 bits per heavy atom. The monoisotopic (exact) mass is 650 g/mol. The minimum Gasteiger partial charge on any atom is -0.461 e. The third-order valence-electron chi connectivity index (χ3n) is 7.48. The first-order valence-corrected chi connectivity index (χ1v) is 16.9. The summed E-state index contributed by atoms with van der Waals surface area (Å²) in [6, 6.07) is 13.4. The minimum atomic E-state index is -4.23. The zero-order valence-corrected chi connectivity index (χ0v) is 27.5. The summed E-state index contributed by atoms with van der Waals surface area (Å²) < 4.78 is 51.6. The van der Waals surface area contributed by atoms with Crippen molar-refractivity contribution in [3.05, 3.63) is 81.7 Å². The number of sulfonamides is 1. The summed E-state index contributed by atoms with van der Waals surface area (Å²) in [5, 5.41) is 0.667. The van der Waals surface area contributed by atoms with Crippen molar-refractivity contribution in [3.8, 4) is 21.8 Å². The van der Waals surface area contributed by atoms with Crippen LogP contribution in [0.2, 0.25) is 0 Å². The number of ketones is 1. The van der Waals surface area contributed by atoms with E-state index in [0.717, 1.165) is 53.0 Å². The first-order chi connectivity index (χ1) is 21.4. The van der Waals surface area contributed by atoms with Crippen LogP contribution in [0.25, 0.3) is 21.8 Å². The lowest BCUT2D eigenvalue weighted by Crippen LogP contribution is -2.11. The molecule has 5 rings (SSSR count). The number of rotatable bonds is 12. The lowest BCUT2D eigenvalue weighted by atomic mass is 10.1. The number of thiazole rings is 1. The zero-order chi connectivity index (χ0) is 32.5. The van der Waals surface area contributed by atoms with E-state index in [1.807, 2.05) is 31.2 Å². The predicted octanol–water partition coefficient (Wildman–Crippen LogP) is 6.38. The van der Waals surface area contributed by atoms with Crippen molar-refractivity contribution in [2.75, 3.05) is 20.7 Å². The molecule has 0 aliphatic heterocycles. The number of ether oxygens (including phenoxy) is 1. The van der Waals surface area contributed by atoms with Gasteiger partial charge in [0.2, 0.25) is 0 Å². The summed E-state index contributed by atoms with van der Waals surface area (Å²) >= 11 is 1.41. The Balaban J connectivity index is 1.66. The van der Waals surface area contributed by atoms with E-state index >= 15 is 4.39 Å². The maximum atomic E-state index is 15.3. The standard InChI is InChI=1S/C33H35FN4O5S2/c1-6-43-33(40)31-21(3)44-32(36-31)26-17-28(25-9-7-8-24(16-25)20(2)39)38(29(26)15-22-10-11-22)18-23-12-13-30(27(34)14-23)45(41,42)35-19-37(4)5/h7-9,12-14,16-17,19,22H,6,10-11,15,18H2,1-5H3/b35-19+. The number of carbonyl (C=O) groups is 2. The number of nitrogens with zero attached hydrogens (tertiary/aromatic N) is 4. The van der Waals surface area contributed by atoms with E-state index in [-0.39, 0.29) is 24.6 Å². The van der Waals surface area contributed by atoms with Crippen LogP contribution < -0.4 is 0 Å². The molecule has 0 spiro atoms. The van der Waals surface area contributed by atoms with Gasteiger partial charge in [-0.1, -0.05) is 24.3 Å². The fourth-order valence-electron chi connectivity index (χ4n) is 5.05. The van der Waals surface area contributed by atoms with Crippen molar-refractivity contribution in [1.82, 2.24) is 14.5 Å². The lowest BCUT2D eigenvalue weighted by molar-refractivity contribution is 0.0519. The molecule has 2 aromatic carbocycles. The van der Waals surface area contributed by atoms with Gasteiger partial charge in [0.25, 0.3) is 10.0 Å². The third kappa shape index (κ3) is 7.23. The molecule has 0 amide bonds. The van der Waals surface area contributed by atoms with Gasteiger partial charge in [-0.2, -0.15) is 8.42 Å². The van der Waals surface area contributed by atoms with E-state index in [4.69, 9.17) is 9.72 Å². The highest BCUT2D eigenvalue weighted by Gasteiger charge is 2.29. The summed E-state index contributed by atoms with van der Waals surface area (Å²) in [6.07, 6.45) is 4.02. The van der Waals surface area contributed by atoms with E-state index < -0.39 is 26.7 Å². The van der Waals surface area contributed by atoms with Crippen molar-refractivity contribution >= 4 is 39.5 Å². The van der Waals surface area contributed by atoms with Crippen LogP contribution in [-0.4, -0.2) is 61.7 Å². The van der Waals surface area contributed by atoms with Crippen molar-refractivity contribution in [2.24, 2.45) is 10.3 Å². The van der Waals surface area contributed by atoms with Crippen LogP contribution in [-0.2, 0) is 27.7 Å². The number of carbonyl (C=O) groups excluding carboxylic acids is 2. The van der Waals surface area contributed by atoms with Crippen LogP contribution in [0.5, 0.6) is 0 Å². The van der Waals surface area contributed by atoms with Gasteiger partial charge in [0.1, 0.15) is 22.1 Å². The molecule has 4 aromatic rings. The summed E-state index contributed by atoms with van der Waals surface area (Å²) in [5.74, 6) is -0.971. The van der Waals surface area contributed by atoms with Crippen LogP contribution in [0.3, 0.4) is 0 Å². The van der Waals surface area contributed by atoms with E-state index in [9.17, 15) is 18.0 Å². The molecule has 1 fully saturated rings. The number of halogens is 1. The minimum absolute atomic E-state index is 0.0706. The largest absolute Gasteiger partial charge is 0.461 e. The van der Waals surface area contributed by atoms with Crippen molar-refractivity contribution in [2.45, 2.75) is 51.5 Å². The first kappa shape index (κ1) is 32.2. The molecule has 0 atom stereocenters. The van der Waals surface area contributed by atoms with E-state index in [0.29, 0.717) is 22.1 Å². The Labute approximate surface area is 266 Å². The molecule has 9 nitrogen and oxygen atoms in total. The quantitative estimate of drug-likeness (QED) is 0.0757. The Hall–Kier alpha value is -4.16. The highest BCUT2D eigenvalue weighted by molar-refractivity contribution is 7.90. The number of hydrogen-bond donors (Lipinski definition) is 0. The molecule has 45 heavy (non-hydrogen) atoms. The van der Waals surface area contributed by atoms with Gasteiger partial charge < -0.3 is 14.2 Å². The van der Waals surface area contributed by atoms with Gasteiger partial charge in [-0.25, -0.2) is 14.2 Å². The first-order valence-electron chi connectivity index (χ1n) is 14.6. The highest BCUT2D eigenvalue weighted by atomic mass is 32.2. The van der Waals surface area contributed by atoms with Gasteiger partial charge in [0, 0.05) is 48.0 Å². The van der Waals surface area contributed by atoms with Gasteiger partial charge in [-0.15, -0.1) is 15.7 Å². The van der Waals surface area contributed by atoms with Crippen LogP contribution in [0.1, 0.15) is 63.7 Å². The van der Waals surface area contributed by atoms with Gasteiger partial charge >= 0.3 is 5.97 Å². The second kappa shape index (κ2) is 13.1. The predicted molar refractivity (Wildman–Crippen MR) is 173 cm³/mol. The molecule has 236 valence electrons. The summed E-state index contributed by atoms with van der Waals surface area (Å²) in [6.45, 7) is 5.57. The van der Waals surface area contributed by atoms with Crippen LogP contribution in [0, 0.1) is 18.7 Å². The number of aryl methyl sites for hydroxylation is 1. The molecule has 12 heteroatoms. The lowest BCUT2D eigenvalue weighted by Gasteiger charge is -2.16. The second-order valence-corrected chi connectivity index (χ2v) is 14.1. The highest BCUT2D eigenvalue weighted by Crippen LogP contribution is 2.41. The molecular weight excluding hydrogens is 616 g/mol. The van der Waals surface area contributed by atoms with E-state index in [1.165, 1.54) is 35.3 Å². The van der Waals surface area contributed by atoms with Gasteiger partial charge in [-0.3, -0.25) is 4.79 Å². The topological polar surface area (TPSA) is 111 Å². The molecule has 2 heterocycles. The Morgan fingerprint density at radius 1 is 1.18 bits per heavy atom. The molecule has 1 aliphatic rings. The zero-order valence-electron chi connectivity index (χ0n) is 25.8. The average Bonchev–Trinajstić information content (AvgIpc) is 3.63. The maximum absolute atomic E-state index is 15.3. The number of Topliss-reactive ketones (excluding diaryl/α,β-unsaturated/α-hetero) is 1. The summed E-state index contributed by atoms with van der Waals surface area (Å²) in [7, 11) is -0.986. The molecule has 0 bridgehead atoms. The van der Waals surface area contributed by atoms with Gasteiger partial charge in [0.05, 0.1) is 6.61 Å². The second-order valence-electron chi connectivity index (χ2n) is 11.3. The number of benzene rings is 2. The smallest absolute Gasteiger partial charge is 0.358 e. The van der Waals surface area contributed by atoms with E-state index in [2.05, 4.69) is 8.96 Å². The maximum Gasteiger partial charge on any atom is 0.358 e.